The van der Waals surface area contributed by atoms with Gasteiger partial charge in [-0.3, -0.25) is 0 Å². The van der Waals surface area contributed by atoms with Gasteiger partial charge in [-0.1, -0.05) is 0 Å². The van der Waals surface area contributed by atoms with E-state index in [9.17, 15) is 4.79 Å². The number of hydrogen-bond acceptors (Lipinski definition) is 7. The second-order valence-corrected chi connectivity index (χ2v) is 7.04. The van der Waals surface area contributed by atoms with Gasteiger partial charge in [0.15, 0.2) is 0 Å². The van der Waals surface area contributed by atoms with E-state index < -0.39 is 5.97 Å². The minimum Gasteiger partial charge on any atom is -0.464 e. The lowest BCUT2D eigenvalue weighted by molar-refractivity contribution is 0.0594. The van der Waals surface area contributed by atoms with Crippen molar-refractivity contribution in [3.05, 3.63) is 46.7 Å². The molecule has 0 aliphatic carbocycles. The van der Waals surface area contributed by atoms with Crippen LogP contribution in [0.1, 0.15) is 46.0 Å². The standard InChI is InChI=1S/C20H27N5O2/c1-13-9-18(20(26)27-4)22-12-16(13)11-21-17-5-7-25(8-6-17)19-10-14(2)23-15(3)24-19/h9-10,12,17,21H,5-8,11H2,1-4H3. The zero-order valence-corrected chi connectivity index (χ0v) is 16.5. The van der Waals surface area contributed by atoms with Crippen molar-refractivity contribution in [2.45, 2.75) is 46.2 Å². The van der Waals surface area contributed by atoms with Crippen LogP contribution < -0.4 is 10.2 Å². The molecule has 3 rings (SSSR count). The van der Waals surface area contributed by atoms with E-state index in [2.05, 4.69) is 31.2 Å². The Balaban J connectivity index is 1.53. The molecule has 0 bridgehead atoms. The predicted molar refractivity (Wildman–Crippen MR) is 104 cm³/mol. The summed E-state index contributed by atoms with van der Waals surface area (Å²) in [6, 6.07) is 4.30. The summed E-state index contributed by atoms with van der Waals surface area (Å²) in [7, 11) is 1.37. The molecule has 1 fully saturated rings. The van der Waals surface area contributed by atoms with Crippen LogP contribution in [-0.2, 0) is 11.3 Å². The van der Waals surface area contributed by atoms with Crippen molar-refractivity contribution in [1.29, 1.82) is 0 Å². The number of carbonyl (C=O) groups excluding carboxylic acids is 1. The van der Waals surface area contributed by atoms with Gasteiger partial charge in [0.1, 0.15) is 17.3 Å². The molecule has 0 radical (unpaired) electrons. The highest BCUT2D eigenvalue weighted by Crippen LogP contribution is 2.19. The van der Waals surface area contributed by atoms with Gasteiger partial charge >= 0.3 is 5.97 Å². The predicted octanol–water partition coefficient (Wildman–Crippen LogP) is 2.34. The normalized spacial score (nSPS) is 15.0. The van der Waals surface area contributed by atoms with Crippen molar-refractivity contribution < 1.29 is 9.53 Å². The highest BCUT2D eigenvalue weighted by atomic mass is 16.5. The Labute approximate surface area is 160 Å². The molecule has 0 unspecified atom stereocenters. The first kappa shape index (κ1) is 19.2. The number of ether oxygens (including phenoxy) is 1. The van der Waals surface area contributed by atoms with Gasteiger partial charge in [0.05, 0.1) is 7.11 Å². The lowest BCUT2D eigenvalue weighted by Gasteiger charge is -2.33. The average molecular weight is 369 g/mol. The Hall–Kier alpha value is -2.54. The molecular weight excluding hydrogens is 342 g/mol. The molecular formula is C20H27N5O2. The van der Waals surface area contributed by atoms with E-state index in [4.69, 9.17) is 4.74 Å². The van der Waals surface area contributed by atoms with E-state index in [0.29, 0.717) is 11.7 Å². The largest absolute Gasteiger partial charge is 0.464 e. The zero-order valence-electron chi connectivity index (χ0n) is 16.5. The van der Waals surface area contributed by atoms with Crippen LogP contribution in [0.2, 0.25) is 0 Å². The summed E-state index contributed by atoms with van der Waals surface area (Å²) < 4.78 is 4.72. The molecule has 7 heteroatoms. The van der Waals surface area contributed by atoms with Crippen molar-refractivity contribution in [1.82, 2.24) is 20.3 Å². The van der Waals surface area contributed by atoms with Gasteiger partial charge in [-0.05, 0) is 50.8 Å². The summed E-state index contributed by atoms with van der Waals surface area (Å²) in [5.74, 6) is 1.45. The number of rotatable bonds is 5. The van der Waals surface area contributed by atoms with Crippen LogP contribution in [0.3, 0.4) is 0 Å². The first-order valence-electron chi connectivity index (χ1n) is 9.30. The van der Waals surface area contributed by atoms with E-state index in [1.165, 1.54) is 7.11 Å². The smallest absolute Gasteiger partial charge is 0.356 e. The number of nitrogens with one attached hydrogen (secondary N) is 1. The first-order valence-corrected chi connectivity index (χ1v) is 9.30. The third-order valence-electron chi connectivity index (χ3n) is 4.97. The Bertz CT molecular complexity index is 796. The zero-order chi connectivity index (χ0) is 19.4. The lowest BCUT2D eigenvalue weighted by Crippen LogP contribution is -2.42. The molecule has 1 aliphatic heterocycles. The third-order valence-corrected chi connectivity index (χ3v) is 4.97. The average Bonchev–Trinajstić information content (AvgIpc) is 2.66. The number of pyridine rings is 1. The van der Waals surface area contributed by atoms with E-state index in [1.54, 1.807) is 12.3 Å². The summed E-state index contributed by atoms with van der Waals surface area (Å²) in [4.78, 5) is 27.0. The summed E-state index contributed by atoms with van der Waals surface area (Å²) >= 11 is 0. The minimum atomic E-state index is -0.403. The van der Waals surface area contributed by atoms with Crippen molar-refractivity contribution >= 4 is 11.8 Å². The number of carbonyl (C=O) groups is 1. The molecule has 1 saturated heterocycles. The number of hydrogen-bond donors (Lipinski definition) is 1. The molecule has 2 aromatic rings. The van der Waals surface area contributed by atoms with Crippen LogP contribution in [0, 0.1) is 20.8 Å². The number of aryl methyl sites for hydroxylation is 3. The van der Waals surface area contributed by atoms with Gasteiger partial charge in [0.25, 0.3) is 0 Å². The topological polar surface area (TPSA) is 80.2 Å². The molecule has 0 atom stereocenters. The number of aromatic nitrogens is 3. The maximum atomic E-state index is 11.6. The SMILES string of the molecule is COC(=O)c1cc(C)c(CNC2CCN(c3cc(C)nc(C)n3)CC2)cn1. The summed E-state index contributed by atoms with van der Waals surface area (Å²) in [5, 5.41) is 3.62. The highest BCUT2D eigenvalue weighted by molar-refractivity contribution is 5.87. The monoisotopic (exact) mass is 369 g/mol. The molecule has 1 aliphatic rings. The Morgan fingerprint density at radius 3 is 2.59 bits per heavy atom. The summed E-state index contributed by atoms with van der Waals surface area (Å²) in [5.41, 5.74) is 3.51. The first-order chi connectivity index (χ1) is 13.0. The van der Waals surface area contributed by atoms with E-state index in [1.807, 2.05) is 20.8 Å². The van der Waals surface area contributed by atoms with Gasteiger partial charge in [-0.2, -0.15) is 0 Å². The number of anilines is 1. The molecule has 2 aromatic heterocycles. The molecule has 3 heterocycles. The molecule has 27 heavy (non-hydrogen) atoms. The van der Waals surface area contributed by atoms with Crippen LogP contribution in [0.5, 0.6) is 0 Å². The van der Waals surface area contributed by atoms with Gasteiger partial charge in [-0.25, -0.2) is 19.7 Å². The van der Waals surface area contributed by atoms with Crippen LogP contribution in [-0.4, -0.2) is 47.2 Å². The summed E-state index contributed by atoms with van der Waals surface area (Å²) in [6.07, 6.45) is 3.89. The van der Waals surface area contributed by atoms with E-state index in [-0.39, 0.29) is 0 Å². The Kier molecular flexibility index (Phi) is 6.01. The molecule has 0 saturated carbocycles. The van der Waals surface area contributed by atoms with Crippen LogP contribution in [0.4, 0.5) is 5.82 Å². The van der Waals surface area contributed by atoms with E-state index in [0.717, 1.165) is 60.9 Å². The van der Waals surface area contributed by atoms with Crippen LogP contribution in [0.25, 0.3) is 0 Å². The maximum absolute atomic E-state index is 11.6. The van der Waals surface area contributed by atoms with Crippen molar-refractivity contribution in [2.75, 3.05) is 25.1 Å². The maximum Gasteiger partial charge on any atom is 0.356 e. The number of piperidine rings is 1. The lowest BCUT2D eigenvalue weighted by atomic mass is 10.0. The van der Waals surface area contributed by atoms with Crippen LogP contribution >= 0.6 is 0 Å². The number of nitrogens with zero attached hydrogens (tertiary/aromatic N) is 4. The Morgan fingerprint density at radius 1 is 1.22 bits per heavy atom. The third kappa shape index (κ3) is 4.80. The molecule has 1 N–H and O–H groups in total. The van der Waals surface area contributed by atoms with Crippen molar-refractivity contribution in [3.63, 3.8) is 0 Å². The van der Waals surface area contributed by atoms with Crippen LogP contribution in [0.15, 0.2) is 18.3 Å². The quantitative estimate of drug-likeness (QED) is 0.810. The fourth-order valence-corrected chi connectivity index (χ4v) is 3.41. The Morgan fingerprint density at radius 2 is 1.96 bits per heavy atom. The van der Waals surface area contributed by atoms with Gasteiger partial charge in [0, 0.05) is 43.6 Å². The van der Waals surface area contributed by atoms with Gasteiger partial charge < -0.3 is 15.0 Å². The van der Waals surface area contributed by atoms with Gasteiger partial charge in [0.2, 0.25) is 0 Å². The fourth-order valence-electron chi connectivity index (χ4n) is 3.41. The second-order valence-electron chi connectivity index (χ2n) is 7.04. The van der Waals surface area contributed by atoms with Crippen molar-refractivity contribution in [2.24, 2.45) is 0 Å². The fraction of sp³-hybridized carbons (Fsp3) is 0.500. The van der Waals surface area contributed by atoms with Crippen molar-refractivity contribution in [3.8, 4) is 0 Å². The molecule has 0 amide bonds. The summed E-state index contributed by atoms with van der Waals surface area (Å²) in [6.45, 7) is 8.64. The van der Waals surface area contributed by atoms with E-state index >= 15 is 0 Å². The molecule has 0 spiro atoms. The minimum absolute atomic E-state index is 0.350. The molecule has 144 valence electrons. The molecule has 0 aromatic carbocycles. The number of esters is 1. The number of methoxy groups -OCH3 is 1. The van der Waals surface area contributed by atoms with Gasteiger partial charge in [-0.15, -0.1) is 0 Å². The highest BCUT2D eigenvalue weighted by Gasteiger charge is 2.20. The second kappa shape index (κ2) is 8.43. The molecule has 7 nitrogen and oxygen atoms in total.